The zero-order valence-corrected chi connectivity index (χ0v) is 36.4. The molecular formula is C44H83O11P. The van der Waals surface area contributed by atoms with E-state index in [0.29, 0.717) is 25.7 Å². The van der Waals surface area contributed by atoms with Crippen LogP contribution in [-0.2, 0) is 28.2 Å². The van der Waals surface area contributed by atoms with Crippen molar-refractivity contribution in [2.45, 2.75) is 225 Å². The van der Waals surface area contributed by atoms with Crippen molar-refractivity contribution in [3.05, 3.63) is 12.2 Å². The van der Waals surface area contributed by atoms with Gasteiger partial charge in [0.15, 0.2) is 6.10 Å². The van der Waals surface area contributed by atoms with Crippen LogP contribution in [0.5, 0.6) is 0 Å². The van der Waals surface area contributed by atoms with Gasteiger partial charge in [-0.1, -0.05) is 168 Å². The highest BCUT2D eigenvalue weighted by Gasteiger charge is 2.39. The van der Waals surface area contributed by atoms with Gasteiger partial charge >= 0.3 is 19.8 Å². The van der Waals surface area contributed by atoms with Gasteiger partial charge in [-0.15, -0.1) is 0 Å². The van der Waals surface area contributed by atoms with E-state index in [1.807, 2.05) is 6.08 Å². The van der Waals surface area contributed by atoms with E-state index >= 15 is 0 Å². The summed E-state index contributed by atoms with van der Waals surface area (Å²) in [5.74, 6) is -0.485. The van der Waals surface area contributed by atoms with Crippen molar-refractivity contribution < 1.29 is 53.3 Å². The molecule has 0 aromatic rings. The zero-order chi connectivity index (χ0) is 41.4. The molecule has 1 fully saturated rings. The van der Waals surface area contributed by atoms with E-state index in [9.17, 15) is 29.5 Å². The van der Waals surface area contributed by atoms with Gasteiger partial charge in [-0.3, -0.25) is 14.1 Å². The Morgan fingerprint density at radius 1 is 0.679 bits per heavy atom. The molecule has 330 valence electrons. The van der Waals surface area contributed by atoms with Gasteiger partial charge in [0.1, 0.15) is 6.61 Å². The molecule has 0 saturated heterocycles. The molecule has 12 heteroatoms. The van der Waals surface area contributed by atoms with Crippen LogP contribution in [0.25, 0.3) is 0 Å². The quantitative estimate of drug-likeness (QED) is 0.0174. The average Bonchev–Trinajstić information content (AvgIpc) is 3.41. The molecule has 1 saturated carbocycles. The number of unbranched alkanes of at least 4 members (excludes halogenated alkanes) is 19. The number of carbonyl (C=O) groups is 2. The van der Waals surface area contributed by atoms with Gasteiger partial charge in [-0.2, -0.15) is 0 Å². The number of rotatable bonds is 37. The minimum Gasteiger partial charge on any atom is -0.462 e. The molecule has 0 aromatic carbocycles. The Balaban J connectivity index is 2.21. The molecule has 0 radical (unpaired) electrons. The van der Waals surface area contributed by atoms with Gasteiger partial charge < -0.3 is 34.6 Å². The largest absolute Gasteiger partial charge is 0.469 e. The lowest BCUT2D eigenvalue weighted by Crippen LogP contribution is -2.29. The van der Waals surface area contributed by atoms with E-state index in [4.69, 9.17) is 19.3 Å². The number of hydrogen-bond donors (Lipinski definition) is 5. The summed E-state index contributed by atoms with van der Waals surface area (Å²) in [5, 5.41) is 31.3. The molecule has 0 heterocycles. The van der Waals surface area contributed by atoms with Gasteiger partial charge in [0.25, 0.3) is 0 Å². The van der Waals surface area contributed by atoms with Crippen molar-refractivity contribution in [2.24, 2.45) is 17.8 Å². The Kier molecular flexibility index (Phi) is 31.5. The van der Waals surface area contributed by atoms with Crippen LogP contribution in [0.3, 0.4) is 0 Å². The fraction of sp³-hybridized carbons (Fsp3) is 0.909. The van der Waals surface area contributed by atoms with Crippen LogP contribution < -0.4 is 0 Å². The SMILES string of the molecule is CCCCC[C@H](O)/C=C/[C@@H]1[C@@H](CCCCCCC(=O)O[C@H](COC(=O)CCCCCCCCCCCCCCCCCC(C)C)COP(=O)(O)O)[C@@H](O)C[C@H]1O. The summed E-state index contributed by atoms with van der Waals surface area (Å²) in [6.07, 6.45) is 28.6. The zero-order valence-electron chi connectivity index (χ0n) is 35.5. The molecular weight excluding hydrogens is 735 g/mol. The number of phosphoric ester groups is 1. The van der Waals surface area contributed by atoms with Crippen molar-refractivity contribution in [1.82, 2.24) is 0 Å². The number of aliphatic hydroxyl groups is 3. The first-order valence-electron chi connectivity index (χ1n) is 22.6. The monoisotopic (exact) mass is 819 g/mol. The Morgan fingerprint density at radius 3 is 1.71 bits per heavy atom. The minimum absolute atomic E-state index is 0.0885. The Hall–Kier alpha value is -1.33. The van der Waals surface area contributed by atoms with Crippen LogP contribution in [0.2, 0.25) is 0 Å². The smallest absolute Gasteiger partial charge is 0.462 e. The molecule has 0 unspecified atom stereocenters. The minimum atomic E-state index is -4.81. The predicted octanol–water partition coefficient (Wildman–Crippen LogP) is 10.0. The maximum Gasteiger partial charge on any atom is 0.469 e. The molecule has 0 spiro atoms. The number of ether oxygens (including phenoxy) is 2. The molecule has 1 aliphatic carbocycles. The lowest BCUT2D eigenvalue weighted by atomic mass is 9.88. The third-order valence-corrected chi connectivity index (χ3v) is 11.5. The molecule has 0 bridgehead atoms. The van der Waals surface area contributed by atoms with E-state index in [1.54, 1.807) is 6.08 Å². The first kappa shape index (κ1) is 52.7. The third-order valence-electron chi connectivity index (χ3n) is 11.1. The van der Waals surface area contributed by atoms with E-state index in [2.05, 4.69) is 25.3 Å². The van der Waals surface area contributed by atoms with E-state index in [1.165, 1.54) is 77.0 Å². The van der Waals surface area contributed by atoms with E-state index < -0.39 is 50.8 Å². The second kappa shape index (κ2) is 33.5. The van der Waals surface area contributed by atoms with Crippen LogP contribution in [0.1, 0.15) is 201 Å². The fourth-order valence-corrected chi connectivity index (χ4v) is 8.02. The van der Waals surface area contributed by atoms with Gasteiger partial charge in [0.2, 0.25) is 0 Å². The summed E-state index contributed by atoms with van der Waals surface area (Å²) in [7, 11) is -4.81. The number of carbonyl (C=O) groups excluding carboxylic acids is 2. The van der Waals surface area contributed by atoms with Crippen LogP contribution in [0.4, 0.5) is 0 Å². The summed E-state index contributed by atoms with van der Waals surface area (Å²) in [6, 6.07) is 0. The molecule has 5 N–H and O–H groups in total. The highest BCUT2D eigenvalue weighted by Crippen LogP contribution is 2.38. The number of hydrogen-bond acceptors (Lipinski definition) is 9. The van der Waals surface area contributed by atoms with Crippen molar-refractivity contribution in [1.29, 1.82) is 0 Å². The molecule has 56 heavy (non-hydrogen) atoms. The van der Waals surface area contributed by atoms with Gasteiger partial charge in [-0.05, 0) is 37.5 Å². The van der Waals surface area contributed by atoms with Crippen molar-refractivity contribution in [3.8, 4) is 0 Å². The normalized spacial score (nSPS) is 19.9. The number of esters is 2. The van der Waals surface area contributed by atoms with Gasteiger partial charge in [0, 0.05) is 25.2 Å². The third kappa shape index (κ3) is 29.8. The average molecular weight is 819 g/mol. The second-order valence-electron chi connectivity index (χ2n) is 16.8. The number of phosphoric acid groups is 1. The maximum atomic E-state index is 12.5. The van der Waals surface area contributed by atoms with Crippen molar-refractivity contribution in [3.63, 3.8) is 0 Å². The lowest BCUT2D eigenvalue weighted by molar-refractivity contribution is -0.161. The summed E-state index contributed by atoms with van der Waals surface area (Å²) >= 11 is 0. The lowest BCUT2D eigenvalue weighted by Gasteiger charge is -2.21. The molecule has 11 nitrogen and oxygen atoms in total. The standard InChI is InChI=1S/C44H83O11P/c1-4-5-21-27-37(45)31-32-40-39(41(46)33-42(40)47)28-23-19-20-25-30-44(49)55-38(35-54-56(50,51)52)34-53-43(48)29-24-18-16-14-12-10-8-6-7-9-11-13-15-17-22-26-36(2)3/h31-32,36-42,45-47H,4-30,33-35H2,1-3H3,(H2,50,51,52)/b32-31+/t37-,38+,39+,40+,41-,42+/m0/s1. The van der Waals surface area contributed by atoms with Crippen LogP contribution in [0, 0.1) is 17.8 Å². The maximum absolute atomic E-state index is 12.5. The first-order chi connectivity index (χ1) is 26.8. The van der Waals surface area contributed by atoms with Crippen molar-refractivity contribution in [2.75, 3.05) is 13.2 Å². The molecule has 6 atom stereocenters. The topological polar surface area (TPSA) is 180 Å². The molecule has 1 aliphatic rings. The molecule has 0 amide bonds. The predicted molar refractivity (Wildman–Crippen MR) is 223 cm³/mol. The van der Waals surface area contributed by atoms with Gasteiger partial charge in [-0.25, -0.2) is 4.57 Å². The van der Waals surface area contributed by atoms with E-state index in [0.717, 1.165) is 70.1 Å². The van der Waals surface area contributed by atoms with Crippen LogP contribution in [-0.4, -0.2) is 74.7 Å². The Labute approximate surface area is 340 Å². The fourth-order valence-electron chi connectivity index (χ4n) is 7.66. The van der Waals surface area contributed by atoms with Crippen LogP contribution in [0.15, 0.2) is 12.2 Å². The summed E-state index contributed by atoms with van der Waals surface area (Å²) in [5.41, 5.74) is 0. The van der Waals surface area contributed by atoms with Crippen molar-refractivity contribution >= 4 is 19.8 Å². The second-order valence-corrected chi connectivity index (χ2v) is 18.1. The van der Waals surface area contributed by atoms with Crippen LogP contribution >= 0.6 is 7.82 Å². The highest BCUT2D eigenvalue weighted by molar-refractivity contribution is 7.46. The summed E-state index contributed by atoms with van der Waals surface area (Å²) < 4.78 is 26.5. The first-order valence-corrected chi connectivity index (χ1v) is 24.1. The Morgan fingerprint density at radius 2 is 1.18 bits per heavy atom. The summed E-state index contributed by atoms with van der Waals surface area (Å²) in [4.78, 5) is 43.2. The number of aliphatic hydroxyl groups excluding tert-OH is 3. The highest BCUT2D eigenvalue weighted by atomic mass is 31.2. The molecule has 0 aliphatic heterocycles. The Bertz CT molecular complexity index is 1050. The molecule has 1 rings (SSSR count). The molecule has 0 aromatic heterocycles. The van der Waals surface area contributed by atoms with E-state index in [-0.39, 0.29) is 31.3 Å². The van der Waals surface area contributed by atoms with Gasteiger partial charge in [0.05, 0.1) is 24.9 Å². The summed E-state index contributed by atoms with van der Waals surface area (Å²) in [6.45, 7) is 5.77.